The molecule has 0 unspecified atom stereocenters. The Morgan fingerprint density at radius 3 is 2.21 bits per heavy atom. The normalized spacial score (nSPS) is 27.2. The summed E-state index contributed by atoms with van der Waals surface area (Å²) in [6, 6.07) is -0.263. The number of imide groups is 1. The number of fused-ring (bicyclic) bond motifs is 1. The van der Waals surface area contributed by atoms with Crippen molar-refractivity contribution < 1.29 is 23.9 Å². The van der Waals surface area contributed by atoms with Crippen LogP contribution < -0.4 is 0 Å². The molecule has 2 aliphatic rings. The van der Waals surface area contributed by atoms with Gasteiger partial charge in [-0.2, -0.15) is 0 Å². The Hall–Kier alpha value is -1.59. The molecule has 6 nitrogen and oxygen atoms in total. The lowest BCUT2D eigenvalue weighted by atomic mass is 9.61. The van der Waals surface area contributed by atoms with Crippen LogP contribution in [0, 0.1) is 5.41 Å². The van der Waals surface area contributed by atoms with Gasteiger partial charge in [0.15, 0.2) is 0 Å². The summed E-state index contributed by atoms with van der Waals surface area (Å²) in [7, 11) is 0. The molecule has 0 spiro atoms. The third kappa shape index (κ3) is 3.73. The first kappa shape index (κ1) is 18.7. The molecule has 2 atom stereocenters. The smallest absolute Gasteiger partial charge is 0.417 e. The molecule has 0 N–H and O–H groups in total. The Morgan fingerprint density at radius 1 is 1.08 bits per heavy atom. The van der Waals surface area contributed by atoms with E-state index in [1.165, 1.54) is 4.90 Å². The number of amides is 2. The van der Waals surface area contributed by atoms with E-state index >= 15 is 0 Å². The topological polar surface area (TPSA) is 72.9 Å². The molecule has 1 heterocycles. The molecule has 1 aliphatic heterocycles. The predicted octanol–water partition coefficient (Wildman–Crippen LogP) is 3.42. The van der Waals surface area contributed by atoms with Crippen molar-refractivity contribution in [2.75, 3.05) is 0 Å². The predicted molar refractivity (Wildman–Crippen MR) is 88.2 cm³/mol. The van der Waals surface area contributed by atoms with Crippen molar-refractivity contribution in [2.45, 2.75) is 90.9 Å². The van der Waals surface area contributed by atoms with Crippen LogP contribution in [0.15, 0.2) is 0 Å². The number of β-lactam (4-membered cyclic amide) rings is 1. The molecule has 0 aromatic carbocycles. The summed E-state index contributed by atoms with van der Waals surface area (Å²) >= 11 is 0. The fourth-order valence-electron chi connectivity index (χ4n) is 3.60. The average Bonchev–Trinajstić information content (AvgIpc) is 2.35. The number of hydrogen-bond acceptors (Lipinski definition) is 5. The van der Waals surface area contributed by atoms with Crippen LogP contribution in [0.2, 0.25) is 0 Å². The lowest BCUT2D eigenvalue weighted by Crippen LogP contribution is -2.72. The molecule has 0 aromatic heterocycles. The maximum atomic E-state index is 12.8. The van der Waals surface area contributed by atoms with Gasteiger partial charge in [-0.3, -0.25) is 9.59 Å². The molecular weight excluding hydrogens is 310 g/mol. The van der Waals surface area contributed by atoms with Crippen molar-refractivity contribution >= 4 is 18.0 Å². The summed E-state index contributed by atoms with van der Waals surface area (Å²) in [6.45, 7) is 10.7. The Kier molecular flexibility index (Phi) is 4.72. The van der Waals surface area contributed by atoms with Gasteiger partial charge in [-0.15, -0.1) is 0 Å². The molecule has 0 bridgehead atoms. The molecular formula is C18H29NO5. The van der Waals surface area contributed by atoms with Crippen LogP contribution in [0.5, 0.6) is 0 Å². The van der Waals surface area contributed by atoms with Crippen LogP contribution in [0.3, 0.4) is 0 Å². The number of ether oxygens (including phenoxy) is 2. The number of carbonyl (C=O) groups is 3. The molecule has 2 rings (SSSR count). The number of rotatable bonds is 2. The second-order valence-electron chi connectivity index (χ2n) is 8.84. The van der Waals surface area contributed by atoms with Crippen molar-refractivity contribution in [3.05, 3.63) is 0 Å². The summed E-state index contributed by atoms with van der Waals surface area (Å²) < 4.78 is 10.7. The molecule has 1 saturated carbocycles. The van der Waals surface area contributed by atoms with Crippen molar-refractivity contribution in [3.63, 3.8) is 0 Å². The van der Waals surface area contributed by atoms with Gasteiger partial charge in [-0.1, -0.05) is 12.8 Å². The highest BCUT2D eigenvalue weighted by molar-refractivity contribution is 6.04. The van der Waals surface area contributed by atoms with Crippen molar-refractivity contribution in [1.82, 2.24) is 4.90 Å². The van der Waals surface area contributed by atoms with Crippen LogP contribution in [-0.2, 0) is 19.1 Å². The Balaban J connectivity index is 2.13. The summed E-state index contributed by atoms with van der Waals surface area (Å²) in [5.41, 5.74) is -2.04. The van der Waals surface area contributed by atoms with Crippen LogP contribution in [0.4, 0.5) is 4.79 Å². The van der Waals surface area contributed by atoms with Crippen LogP contribution in [0.25, 0.3) is 0 Å². The summed E-state index contributed by atoms with van der Waals surface area (Å²) in [6.07, 6.45) is 2.58. The fraction of sp³-hybridized carbons (Fsp3) is 0.833. The van der Waals surface area contributed by atoms with E-state index < -0.39 is 22.7 Å². The summed E-state index contributed by atoms with van der Waals surface area (Å²) in [5, 5.41) is 0. The molecule has 1 saturated heterocycles. The van der Waals surface area contributed by atoms with E-state index in [9.17, 15) is 14.4 Å². The van der Waals surface area contributed by atoms with Gasteiger partial charge >= 0.3 is 12.1 Å². The first-order chi connectivity index (χ1) is 10.9. The SMILES string of the molecule is CC(C)(C)OC(=O)C[C@@]12CCCC[C@@H]1N(C(=O)OC(C)(C)C)C2=O. The van der Waals surface area contributed by atoms with E-state index in [1.807, 2.05) is 0 Å². The highest BCUT2D eigenvalue weighted by Gasteiger charge is 2.64. The first-order valence-electron chi connectivity index (χ1n) is 8.64. The van der Waals surface area contributed by atoms with Crippen molar-refractivity contribution in [2.24, 2.45) is 5.41 Å². The van der Waals surface area contributed by atoms with E-state index in [4.69, 9.17) is 9.47 Å². The van der Waals surface area contributed by atoms with Gasteiger partial charge in [-0.05, 0) is 54.4 Å². The molecule has 24 heavy (non-hydrogen) atoms. The third-order valence-electron chi connectivity index (χ3n) is 4.41. The number of likely N-dealkylation sites (tertiary alicyclic amines) is 1. The quantitative estimate of drug-likeness (QED) is 0.569. The second kappa shape index (κ2) is 6.05. The molecule has 1 aliphatic carbocycles. The van der Waals surface area contributed by atoms with E-state index in [2.05, 4.69) is 0 Å². The number of carbonyl (C=O) groups excluding carboxylic acids is 3. The number of hydrogen-bond donors (Lipinski definition) is 0. The lowest BCUT2D eigenvalue weighted by Gasteiger charge is -2.56. The molecule has 6 heteroatoms. The maximum absolute atomic E-state index is 12.8. The standard InChI is InChI=1S/C18H29NO5/c1-16(2,3)23-13(20)11-18-10-8-7-9-12(18)19(14(18)21)15(22)24-17(4,5)6/h12H,7-11H2,1-6H3/t12-,18-/m0/s1. The molecule has 0 radical (unpaired) electrons. The molecule has 2 fully saturated rings. The van der Waals surface area contributed by atoms with Gasteiger partial charge in [0.2, 0.25) is 5.91 Å². The third-order valence-corrected chi connectivity index (χ3v) is 4.41. The van der Waals surface area contributed by atoms with Crippen LogP contribution in [-0.4, -0.2) is 40.1 Å². The highest BCUT2D eigenvalue weighted by Crippen LogP contribution is 2.52. The van der Waals surface area contributed by atoms with Gasteiger partial charge in [0.05, 0.1) is 17.9 Å². The van der Waals surface area contributed by atoms with Crippen molar-refractivity contribution in [3.8, 4) is 0 Å². The van der Waals surface area contributed by atoms with Gasteiger partial charge in [0.1, 0.15) is 11.2 Å². The van der Waals surface area contributed by atoms with Crippen LogP contribution >= 0.6 is 0 Å². The van der Waals surface area contributed by atoms with Crippen molar-refractivity contribution in [1.29, 1.82) is 0 Å². The van der Waals surface area contributed by atoms with E-state index in [1.54, 1.807) is 41.5 Å². The second-order valence-corrected chi connectivity index (χ2v) is 8.84. The maximum Gasteiger partial charge on any atom is 0.417 e. The number of esters is 1. The zero-order valence-corrected chi connectivity index (χ0v) is 15.6. The minimum atomic E-state index is -0.794. The van der Waals surface area contributed by atoms with Crippen LogP contribution in [0.1, 0.15) is 73.6 Å². The summed E-state index contributed by atoms with van der Waals surface area (Å²) in [5.74, 6) is -0.682. The number of nitrogens with zero attached hydrogens (tertiary/aromatic N) is 1. The molecule has 0 aromatic rings. The largest absolute Gasteiger partial charge is 0.460 e. The fourth-order valence-corrected chi connectivity index (χ4v) is 3.60. The molecule has 2 amide bonds. The van der Waals surface area contributed by atoms with Gasteiger partial charge in [-0.25, -0.2) is 9.69 Å². The summed E-state index contributed by atoms with van der Waals surface area (Å²) in [4.78, 5) is 38.5. The Morgan fingerprint density at radius 2 is 1.67 bits per heavy atom. The molecule has 136 valence electrons. The van der Waals surface area contributed by atoms with Gasteiger partial charge in [0.25, 0.3) is 0 Å². The average molecular weight is 339 g/mol. The van der Waals surface area contributed by atoms with E-state index in [0.717, 1.165) is 12.8 Å². The Bertz CT molecular complexity index is 543. The zero-order valence-electron chi connectivity index (χ0n) is 15.6. The lowest BCUT2D eigenvalue weighted by molar-refractivity contribution is -0.184. The van der Waals surface area contributed by atoms with E-state index in [-0.39, 0.29) is 24.3 Å². The monoisotopic (exact) mass is 339 g/mol. The minimum absolute atomic E-state index is 0.0348. The first-order valence-corrected chi connectivity index (χ1v) is 8.64. The minimum Gasteiger partial charge on any atom is -0.460 e. The van der Waals surface area contributed by atoms with Gasteiger partial charge in [0, 0.05) is 0 Å². The Labute approximate surface area is 143 Å². The zero-order chi connectivity index (χ0) is 18.3. The highest BCUT2D eigenvalue weighted by atomic mass is 16.6. The van der Waals surface area contributed by atoms with Gasteiger partial charge < -0.3 is 9.47 Å². The van der Waals surface area contributed by atoms with E-state index in [0.29, 0.717) is 12.8 Å².